The van der Waals surface area contributed by atoms with E-state index in [1.165, 1.54) is 19.3 Å². The van der Waals surface area contributed by atoms with E-state index in [4.69, 9.17) is 4.74 Å². The van der Waals surface area contributed by atoms with Crippen molar-refractivity contribution in [3.05, 3.63) is 12.2 Å². The number of aliphatic hydroxyl groups excluding tert-OH is 1. The van der Waals surface area contributed by atoms with Crippen molar-refractivity contribution >= 4 is 0 Å². The van der Waals surface area contributed by atoms with Crippen molar-refractivity contribution in [2.45, 2.75) is 45.3 Å². The number of nitrogens with one attached hydrogen (secondary N) is 1. The first-order valence-corrected chi connectivity index (χ1v) is 6.34. The molecule has 1 aliphatic carbocycles. The lowest BCUT2D eigenvalue weighted by Crippen LogP contribution is -2.34. The second-order valence-electron chi connectivity index (χ2n) is 4.84. The van der Waals surface area contributed by atoms with Gasteiger partial charge in [0.25, 0.3) is 0 Å². The van der Waals surface area contributed by atoms with Gasteiger partial charge < -0.3 is 15.2 Å². The Morgan fingerprint density at radius 1 is 1.44 bits per heavy atom. The minimum atomic E-state index is -0.387. The first-order chi connectivity index (χ1) is 7.68. The molecule has 0 fully saturated rings. The van der Waals surface area contributed by atoms with Crippen LogP contribution in [-0.2, 0) is 4.74 Å². The van der Waals surface area contributed by atoms with Gasteiger partial charge in [0, 0.05) is 6.54 Å². The predicted octanol–water partition coefficient (Wildman–Crippen LogP) is 1.72. The van der Waals surface area contributed by atoms with Crippen molar-refractivity contribution in [3.63, 3.8) is 0 Å². The molecule has 0 aromatic carbocycles. The molecular formula is C13H25NO2. The quantitative estimate of drug-likeness (QED) is 0.651. The van der Waals surface area contributed by atoms with Crippen molar-refractivity contribution in [3.8, 4) is 0 Å². The lowest BCUT2D eigenvalue weighted by molar-refractivity contribution is 0.00613. The van der Waals surface area contributed by atoms with Crippen LogP contribution in [0.3, 0.4) is 0 Å². The van der Waals surface area contributed by atoms with Gasteiger partial charge in [-0.25, -0.2) is 0 Å². The first-order valence-electron chi connectivity index (χ1n) is 6.34. The largest absolute Gasteiger partial charge is 0.389 e. The highest BCUT2D eigenvalue weighted by Gasteiger charge is 2.10. The summed E-state index contributed by atoms with van der Waals surface area (Å²) >= 11 is 0. The van der Waals surface area contributed by atoms with Crippen molar-refractivity contribution in [2.24, 2.45) is 5.92 Å². The molecule has 3 heteroatoms. The number of hydrogen-bond donors (Lipinski definition) is 2. The molecule has 0 spiro atoms. The van der Waals surface area contributed by atoms with Gasteiger partial charge in [-0.2, -0.15) is 0 Å². The van der Waals surface area contributed by atoms with E-state index >= 15 is 0 Å². The molecule has 0 aromatic heterocycles. The van der Waals surface area contributed by atoms with Crippen LogP contribution in [0.25, 0.3) is 0 Å². The highest BCUT2D eigenvalue weighted by molar-refractivity contribution is 4.90. The highest BCUT2D eigenvalue weighted by Crippen LogP contribution is 2.16. The lowest BCUT2D eigenvalue weighted by atomic mass is 9.94. The van der Waals surface area contributed by atoms with Gasteiger partial charge in [-0.3, -0.25) is 0 Å². The molecule has 1 aliphatic rings. The van der Waals surface area contributed by atoms with E-state index in [0.717, 1.165) is 12.5 Å². The normalized spacial score (nSPS) is 22.6. The van der Waals surface area contributed by atoms with Gasteiger partial charge in [-0.05, 0) is 45.6 Å². The second-order valence-corrected chi connectivity index (χ2v) is 4.84. The van der Waals surface area contributed by atoms with Crippen molar-refractivity contribution < 1.29 is 9.84 Å². The SMILES string of the molecule is CC(C)OCC(O)CNCC1CC=CCC1. The summed E-state index contributed by atoms with van der Waals surface area (Å²) in [5.41, 5.74) is 0. The molecule has 0 aromatic rings. The molecule has 0 amide bonds. The summed E-state index contributed by atoms with van der Waals surface area (Å²) in [7, 11) is 0. The van der Waals surface area contributed by atoms with Gasteiger partial charge in [0.2, 0.25) is 0 Å². The van der Waals surface area contributed by atoms with Crippen LogP contribution in [-0.4, -0.2) is 37.0 Å². The Bertz CT molecular complexity index is 204. The summed E-state index contributed by atoms with van der Waals surface area (Å²) in [6.45, 7) is 6.02. The summed E-state index contributed by atoms with van der Waals surface area (Å²) in [6.07, 6.45) is 7.95. The van der Waals surface area contributed by atoms with Gasteiger partial charge in [-0.15, -0.1) is 0 Å². The molecule has 2 unspecified atom stereocenters. The maximum absolute atomic E-state index is 9.63. The van der Waals surface area contributed by atoms with Crippen molar-refractivity contribution in [1.29, 1.82) is 0 Å². The first kappa shape index (κ1) is 13.7. The maximum atomic E-state index is 9.63. The smallest absolute Gasteiger partial charge is 0.0897 e. The topological polar surface area (TPSA) is 41.5 Å². The Hall–Kier alpha value is -0.380. The van der Waals surface area contributed by atoms with Crippen LogP contribution in [0, 0.1) is 5.92 Å². The molecule has 1 rings (SSSR count). The van der Waals surface area contributed by atoms with Gasteiger partial charge in [0.1, 0.15) is 0 Å². The van der Waals surface area contributed by atoms with E-state index in [-0.39, 0.29) is 12.2 Å². The summed E-state index contributed by atoms with van der Waals surface area (Å²) in [5, 5.41) is 12.9. The molecule has 0 radical (unpaired) electrons. The monoisotopic (exact) mass is 227 g/mol. The van der Waals surface area contributed by atoms with E-state index in [1.54, 1.807) is 0 Å². The predicted molar refractivity (Wildman–Crippen MR) is 66.4 cm³/mol. The molecule has 16 heavy (non-hydrogen) atoms. The third-order valence-corrected chi connectivity index (χ3v) is 2.81. The minimum Gasteiger partial charge on any atom is -0.389 e. The number of hydrogen-bond acceptors (Lipinski definition) is 3. The average Bonchev–Trinajstić information content (AvgIpc) is 2.28. The van der Waals surface area contributed by atoms with Crippen LogP contribution in [0.15, 0.2) is 12.2 Å². The molecule has 2 N–H and O–H groups in total. The van der Waals surface area contributed by atoms with Crippen LogP contribution >= 0.6 is 0 Å². The third-order valence-electron chi connectivity index (χ3n) is 2.81. The van der Waals surface area contributed by atoms with Crippen LogP contribution in [0.1, 0.15) is 33.1 Å². The van der Waals surface area contributed by atoms with E-state index in [1.807, 2.05) is 13.8 Å². The average molecular weight is 227 g/mol. The molecule has 0 saturated heterocycles. The van der Waals surface area contributed by atoms with Crippen LogP contribution in [0.5, 0.6) is 0 Å². The molecule has 3 nitrogen and oxygen atoms in total. The standard InChI is InChI=1S/C13H25NO2/c1-11(2)16-10-13(15)9-14-8-12-6-4-3-5-7-12/h3-4,11-15H,5-10H2,1-2H3. The fraction of sp³-hybridized carbons (Fsp3) is 0.846. The Labute approximate surface area is 98.9 Å². The summed E-state index contributed by atoms with van der Waals surface area (Å²) in [6, 6.07) is 0. The Morgan fingerprint density at radius 3 is 2.88 bits per heavy atom. The molecular weight excluding hydrogens is 202 g/mol. The zero-order chi connectivity index (χ0) is 11.8. The zero-order valence-corrected chi connectivity index (χ0v) is 10.5. The number of rotatable bonds is 7. The zero-order valence-electron chi connectivity index (χ0n) is 10.5. The summed E-state index contributed by atoms with van der Waals surface area (Å²) in [5.74, 6) is 0.739. The minimum absolute atomic E-state index is 0.193. The Morgan fingerprint density at radius 2 is 2.25 bits per heavy atom. The molecule has 0 bridgehead atoms. The van der Waals surface area contributed by atoms with Gasteiger partial charge >= 0.3 is 0 Å². The van der Waals surface area contributed by atoms with E-state index in [2.05, 4.69) is 17.5 Å². The maximum Gasteiger partial charge on any atom is 0.0897 e. The highest BCUT2D eigenvalue weighted by atomic mass is 16.5. The lowest BCUT2D eigenvalue weighted by Gasteiger charge is -2.20. The Balaban J connectivity index is 1.99. The Kier molecular flexibility index (Phi) is 6.69. The number of allylic oxidation sites excluding steroid dienone is 2. The van der Waals surface area contributed by atoms with Gasteiger partial charge in [0.05, 0.1) is 18.8 Å². The second kappa shape index (κ2) is 7.82. The molecule has 94 valence electrons. The number of ether oxygens (including phenoxy) is 1. The van der Waals surface area contributed by atoms with E-state index in [0.29, 0.717) is 13.2 Å². The van der Waals surface area contributed by atoms with Crippen molar-refractivity contribution in [2.75, 3.05) is 19.7 Å². The van der Waals surface area contributed by atoms with E-state index < -0.39 is 0 Å². The summed E-state index contributed by atoms with van der Waals surface area (Å²) in [4.78, 5) is 0. The van der Waals surface area contributed by atoms with Gasteiger partial charge in [0.15, 0.2) is 0 Å². The third kappa shape index (κ3) is 6.26. The molecule has 0 heterocycles. The molecule has 2 atom stereocenters. The van der Waals surface area contributed by atoms with E-state index in [9.17, 15) is 5.11 Å². The van der Waals surface area contributed by atoms with Crippen molar-refractivity contribution in [1.82, 2.24) is 5.32 Å². The molecule has 0 aliphatic heterocycles. The number of aliphatic hydroxyl groups is 1. The fourth-order valence-electron chi connectivity index (χ4n) is 1.86. The van der Waals surface area contributed by atoms with Crippen LogP contribution < -0.4 is 5.32 Å². The van der Waals surface area contributed by atoms with Gasteiger partial charge in [-0.1, -0.05) is 12.2 Å². The summed E-state index contributed by atoms with van der Waals surface area (Å²) < 4.78 is 5.34. The van der Waals surface area contributed by atoms with Crippen LogP contribution in [0.2, 0.25) is 0 Å². The fourth-order valence-corrected chi connectivity index (χ4v) is 1.86. The molecule has 0 saturated carbocycles. The van der Waals surface area contributed by atoms with Crippen LogP contribution in [0.4, 0.5) is 0 Å².